The zero-order chi connectivity index (χ0) is 12.7. The molecule has 0 aliphatic rings. The molecule has 0 fully saturated rings. The van der Waals surface area contributed by atoms with Crippen LogP contribution in [-0.4, -0.2) is 9.97 Å². The topological polar surface area (TPSA) is 25.8 Å². The highest BCUT2D eigenvalue weighted by molar-refractivity contribution is 5.29. The summed E-state index contributed by atoms with van der Waals surface area (Å²) < 4.78 is 0. The maximum Gasteiger partial charge on any atom is 0.134 e. The van der Waals surface area contributed by atoms with E-state index in [-0.39, 0.29) is 10.8 Å². The van der Waals surface area contributed by atoms with E-state index in [0.29, 0.717) is 0 Å². The Kier molecular flexibility index (Phi) is 3.15. The maximum atomic E-state index is 4.76. The van der Waals surface area contributed by atoms with Crippen LogP contribution in [0.2, 0.25) is 0 Å². The van der Waals surface area contributed by atoms with E-state index < -0.39 is 0 Å². The molecule has 1 heterocycles. The summed E-state index contributed by atoms with van der Waals surface area (Å²) in [5, 5.41) is 0. The third kappa shape index (κ3) is 2.60. The van der Waals surface area contributed by atoms with Gasteiger partial charge < -0.3 is 0 Å². The number of nitrogens with zero attached hydrogens (tertiary/aromatic N) is 2. The molecule has 0 aliphatic heterocycles. The van der Waals surface area contributed by atoms with Crippen LogP contribution in [0.4, 0.5) is 0 Å². The Bertz CT molecular complexity index is 392. The molecule has 0 aromatic carbocycles. The van der Waals surface area contributed by atoms with E-state index in [0.717, 1.165) is 11.5 Å². The van der Waals surface area contributed by atoms with Crippen molar-refractivity contribution in [3.8, 4) is 0 Å². The normalized spacial score (nSPS) is 13.0. The maximum absolute atomic E-state index is 4.76. The molecular formula is C14H24N2. The van der Waals surface area contributed by atoms with Gasteiger partial charge in [0.15, 0.2) is 0 Å². The van der Waals surface area contributed by atoms with Crippen molar-refractivity contribution >= 4 is 0 Å². The van der Waals surface area contributed by atoms with Crippen molar-refractivity contribution in [1.82, 2.24) is 9.97 Å². The van der Waals surface area contributed by atoms with Crippen molar-refractivity contribution in [1.29, 1.82) is 0 Å². The summed E-state index contributed by atoms with van der Waals surface area (Å²) in [4.78, 5) is 9.37. The fourth-order valence-corrected chi connectivity index (χ4v) is 1.69. The van der Waals surface area contributed by atoms with Gasteiger partial charge in [0.05, 0.1) is 5.69 Å². The van der Waals surface area contributed by atoms with Crippen molar-refractivity contribution < 1.29 is 0 Å². The molecule has 1 aromatic rings. The van der Waals surface area contributed by atoms with Gasteiger partial charge in [0.25, 0.3) is 0 Å². The first-order valence-corrected chi connectivity index (χ1v) is 5.89. The summed E-state index contributed by atoms with van der Waals surface area (Å²) in [5.41, 5.74) is 3.59. The lowest BCUT2D eigenvalue weighted by Gasteiger charge is -2.25. The Morgan fingerprint density at radius 2 is 1.25 bits per heavy atom. The lowest BCUT2D eigenvalue weighted by Crippen LogP contribution is -2.23. The fraction of sp³-hybridized carbons (Fsp3) is 0.714. The molecule has 1 aromatic heterocycles. The van der Waals surface area contributed by atoms with Crippen molar-refractivity contribution in [2.75, 3.05) is 0 Å². The largest absolute Gasteiger partial charge is 0.237 e. The van der Waals surface area contributed by atoms with Gasteiger partial charge in [0.1, 0.15) is 5.82 Å². The zero-order valence-corrected chi connectivity index (χ0v) is 11.9. The highest BCUT2D eigenvalue weighted by Gasteiger charge is 2.25. The van der Waals surface area contributed by atoms with Crippen LogP contribution in [-0.2, 0) is 10.8 Å². The second-order valence-corrected chi connectivity index (χ2v) is 6.61. The molecule has 0 spiro atoms. The van der Waals surface area contributed by atoms with Crippen LogP contribution >= 0.6 is 0 Å². The Labute approximate surface area is 99.5 Å². The minimum atomic E-state index is 0.0124. The van der Waals surface area contributed by atoms with E-state index in [9.17, 15) is 0 Å². The van der Waals surface area contributed by atoms with Gasteiger partial charge in [-0.05, 0) is 19.4 Å². The molecule has 0 radical (unpaired) electrons. The SMILES string of the molecule is Cc1nc(C(C)(C)C)nc(C(C)(C)C)c1C. The summed E-state index contributed by atoms with van der Waals surface area (Å²) in [6.07, 6.45) is 0. The highest BCUT2D eigenvalue weighted by atomic mass is 14.9. The molecule has 16 heavy (non-hydrogen) atoms. The third-order valence-electron chi connectivity index (χ3n) is 2.77. The molecule has 0 saturated heterocycles. The average Bonchev–Trinajstić information content (AvgIpc) is 2.05. The van der Waals surface area contributed by atoms with Gasteiger partial charge in [-0.25, -0.2) is 9.97 Å². The van der Waals surface area contributed by atoms with Crippen LogP contribution in [0.15, 0.2) is 0 Å². The van der Waals surface area contributed by atoms with E-state index in [4.69, 9.17) is 4.98 Å². The second-order valence-electron chi connectivity index (χ2n) is 6.61. The van der Waals surface area contributed by atoms with Gasteiger partial charge in [0.2, 0.25) is 0 Å². The van der Waals surface area contributed by atoms with Crippen LogP contribution in [0, 0.1) is 13.8 Å². The number of hydrogen-bond acceptors (Lipinski definition) is 2. The minimum Gasteiger partial charge on any atom is -0.237 e. The first kappa shape index (κ1) is 13.1. The number of rotatable bonds is 0. The Hall–Kier alpha value is -0.920. The Balaban J connectivity index is 3.46. The summed E-state index contributed by atoms with van der Waals surface area (Å²) >= 11 is 0. The Morgan fingerprint density at radius 1 is 0.750 bits per heavy atom. The standard InChI is InChI=1S/C14H24N2/c1-9-10(2)15-12(14(6,7)8)16-11(9)13(3,4)5/h1-8H3. The second kappa shape index (κ2) is 3.83. The molecule has 1 rings (SSSR count). The monoisotopic (exact) mass is 220 g/mol. The van der Waals surface area contributed by atoms with E-state index in [1.165, 1.54) is 11.3 Å². The van der Waals surface area contributed by atoms with Crippen molar-refractivity contribution in [3.63, 3.8) is 0 Å². The summed E-state index contributed by atoms with van der Waals surface area (Å²) in [5.74, 6) is 0.945. The fourth-order valence-electron chi connectivity index (χ4n) is 1.69. The number of hydrogen-bond donors (Lipinski definition) is 0. The molecule has 2 heteroatoms. The molecule has 0 atom stereocenters. The van der Waals surface area contributed by atoms with Crippen LogP contribution in [0.3, 0.4) is 0 Å². The van der Waals surface area contributed by atoms with Crippen LogP contribution in [0.25, 0.3) is 0 Å². The highest BCUT2D eigenvalue weighted by Crippen LogP contribution is 2.28. The Morgan fingerprint density at radius 3 is 1.62 bits per heavy atom. The van der Waals surface area contributed by atoms with Crippen LogP contribution < -0.4 is 0 Å². The molecule has 0 saturated carbocycles. The number of aryl methyl sites for hydroxylation is 1. The lowest BCUT2D eigenvalue weighted by atomic mass is 9.87. The van der Waals surface area contributed by atoms with Crippen LogP contribution in [0.1, 0.15) is 64.3 Å². The molecule has 90 valence electrons. The van der Waals surface area contributed by atoms with Gasteiger partial charge in [0, 0.05) is 16.5 Å². The van der Waals surface area contributed by atoms with Gasteiger partial charge in [-0.15, -0.1) is 0 Å². The zero-order valence-electron chi connectivity index (χ0n) is 11.9. The summed E-state index contributed by atoms with van der Waals surface area (Å²) in [6.45, 7) is 17.3. The van der Waals surface area contributed by atoms with Crippen molar-refractivity contribution in [3.05, 3.63) is 22.8 Å². The molecule has 0 amide bonds. The molecule has 0 bridgehead atoms. The molecular weight excluding hydrogens is 196 g/mol. The van der Waals surface area contributed by atoms with Gasteiger partial charge in [-0.2, -0.15) is 0 Å². The van der Waals surface area contributed by atoms with E-state index in [1.54, 1.807) is 0 Å². The van der Waals surface area contributed by atoms with Gasteiger partial charge in [-0.3, -0.25) is 0 Å². The van der Waals surface area contributed by atoms with Crippen molar-refractivity contribution in [2.45, 2.75) is 66.2 Å². The molecule has 0 unspecified atom stereocenters. The number of aromatic nitrogens is 2. The first-order valence-electron chi connectivity index (χ1n) is 5.89. The van der Waals surface area contributed by atoms with Gasteiger partial charge in [-0.1, -0.05) is 41.5 Å². The molecule has 2 nitrogen and oxygen atoms in total. The lowest BCUT2D eigenvalue weighted by molar-refractivity contribution is 0.507. The minimum absolute atomic E-state index is 0.0124. The van der Waals surface area contributed by atoms with E-state index in [1.807, 2.05) is 0 Å². The predicted octanol–water partition coefficient (Wildman–Crippen LogP) is 3.69. The molecule has 0 N–H and O–H groups in total. The third-order valence-corrected chi connectivity index (χ3v) is 2.77. The molecule has 0 aliphatic carbocycles. The smallest absolute Gasteiger partial charge is 0.134 e. The van der Waals surface area contributed by atoms with Crippen LogP contribution in [0.5, 0.6) is 0 Å². The average molecular weight is 220 g/mol. The van der Waals surface area contributed by atoms with E-state index >= 15 is 0 Å². The predicted molar refractivity (Wildman–Crippen MR) is 68.9 cm³/mol. The van der Waals surface area contributed by atoms with Crippen molar-refractivity contribution in [2.24, 2.45) is 0 Å². The quantitative estimate of drug-likeness (QED) is 0.666. The summed E-state index contributed by atoms with van der Waals surface area (Å²) in [7, 11) is 0. The van der Waals surface area contributed by atoms with Gasteiger partial charge >= 0.3 is 0 Å². The summed E-state index contributed by atoms with van der Waals surface area (Å²) in [6, 6.07) is 0. The first-order chi connectivity index (χ1) is 7.03. The van der Waals surface area contributed by atoms with E-state index in [2.05, 4.69) is 60.4 Å².